The van der Waals surface area contributed by atoms with Crippen molar-refractivity contribution in [3.05, 3.63) is 64.7 Å². The summed E-state index contributed by atoms with van der Waals surface area (Å²) in [7, 11) is -3.85. The second-order valence-electron chi connectivity index (χ2n) is 6.59. The predicted octanol–water partition coefficient (Wildman–Crippen LogP) is 3.75. The molecule has 0 heterocycles. The summed E-state index contributed by atoms with van der Waals surface area (Å²) in [6.45, 7) is 5.65. The first kappa shape index (κ1) is 21.4. The van der Waals surface area contributed by atoms with E-state index in [1.165, 1.54) is 28.6 Å². The lowest BCUT2D eigenvalue weighted by Crippen LogP contribution is -2.43. The van der Waals surface area contributed by atoms with E-state index in [9.17, 15) is 13.2 Å². The molecule has 0 aromatic heterocycles. The van der Waals surface area contributed by atoms with Gasteiger partial charge in [-0.15, -0.1) is 0 Å². The number of rotatable bonds is 8. The van der Waals surface area contributed by atoms with Crippen LogP contribution < -0.4 is 5.32 Å². The van der Waals surface area contributed by atoms with Gasteiger partial charge in [-0.2, -0.15) is 4.31 Å². The number of amides is 1. The highest BCUT2D eigenvalue weighted by Crippen LogP contribution is 2.21. The first-order chi connectivity index (χ1) is 12.7. The van der Waals surface area contributed by atoms with Crippen molar-refractivity contribution in [3.8, 4) is 0 Å². The van der Waals surface area contributed by atoms with Crippen LogP contribution in [-0.4, -0.2) is 31.2 Å². The van der Waals surface area contributed by atoms with Gasteiger partial charge < -0.3 is 5.32 Å². The summed E-state index contributed by atoms with van der Waals surface area (Å²) in [5, 5.41) is 3.28. The molecule has 0 aliphatic rings. The number of hydrogen-bond donors (Lipinski definition) is 1. The van der Waals surface area contributed by atoms with Gasteiger partial charge in [-0.3, -0.25) is 4.79 Å². The third-order valence-electron chi connectivity index (χ3n) is 4.23. The first-order valence-electron chi connectivity index (χ1n) is 8.83. The Morgan fingerprint density at radius 2 is 1.85 bits per heavy atom. The third kappa shape index (κ3) is 6.06. The molecule has 1 amide bonds. The van der Waals surface area contributed by atoms with E-state index >= 15 is 0 Å². The number of nitrogens with zero attached hydrogens (tertiary/aromatic N) is 1. The molecule has 1 unspecified atom stereocenters. The summed E-state index contributed by atoms with van der Waals surface area (Å²) in [6, 6.07) is 13.5. The Hall–Kier alpha value is -1.89. The van der Waals surface area contributed by atoms with Crippen LogP contribution in [0.4, 0.5) is 0 Å². The standard InChI is InChI=1S/C20H25ClN2O3S/c1-4-16(3)22-20(24)14-23(13-17-7-5-6-15(2)12-17)27(25,26)19-10-8-18(21)9-11-19/h5-12,16H,4,13-14H2,1-3H3,(H,22,24). The SMILES string of the molecule is CCC(C)NC(=O)CN(Cc1cccc(C)c1)S(=O)(=O)c1ccc(Cl)cc1. The van der Waals surface area contributed by atoms with Crippen molar-refractivity contribution in [2.75, 3.05) is 6.54 Å². The van der Waals surface area contributed by atoms with Gasteiger partial charge in [-0.1, -0.05) is 48.4 Å². The summed E-state index contributed by atoms with van der Waals surface area (Å²) in [4.78, 5) is 12.5. The Bertz CT molecular complexity index is 882. The molecule has 2 aromatic carbocycles. The quantitative estimate of drug-likeness (QED) is 0.723. The van der Waals surface area contributed by atoms with Crippen molar-refractivity contribution in [1.82, 2.24) is 9.62 Å². The maximum absolute atomic E-state index is 13.1. The van der Waals surface area contributed by atoms with Crippen LogP contribution in [0, 0.1) is 6.92 Å². The van der Waals surface area contributed by atoms with Gasteiger partial charge in [-0.05, 0) is 50.1 Å². The third-order valence-corrected chi connectivity index (χ3v) is 6.29. The summed E-state index contributed by atoms with van der Waals surface area (Å²) < 4.78 is 27.5. The van der Waals surface area contributed by atoms with Crippen LogP contribution in [0.5, 0.6) is 0 Å². The number of nitrogens with one attached hydrogen (secondary N) is 1. The molecule has 5 nitrogen and oxygen atoms in total. The Labute approximate surface area is 166 Å². The van der Waals surface area contributed by atoms with Crippen molar-refractivity contribution in [2.45, 2.75) is 44.7 Å². The summed E-state index contributed by atoms with van der Waals surface area (Å²) in [5.74, 6) is -0.324. The van der Waals surface area contributed by atoms with Gasteiger partial charge in [0.05, 0.1) is 11.4 Å². The number of aryl methyl sites for hydroxylation is 1. The number of halogens is 1. The summed E-state index contributed by atoms with van der Waals surface area (Å²) >= 11 is 5.87. The van der Waals surface area contributed by atoms with Crippen molar-refractivity contribution in [1.29, 1.82) is 0 Å². The number of carbonyl (C=O) groups is 1. The zero-order chi connectivity index (χ0) is 20.0. The molecule has 2 aromatic rings. The minimum absolute atomic E-state index is 0.0171. The maximum atomic E-state index is 13.1. The first-order valence-corrected chi connectivity index (χ1v) is 10.6. The van der Waals surface area contributed by atoms with Gasteiger partial charge in [0.25, 0.3) is 0 Å². The smallest absolute Gasteiger partial charge is 0.243 e. The van der Waals surface area contributed by atoms with E-state index in [2.05, 4.69) is 5.32 Å². The summed E-state index contributed by atoms with van der Waals surface area (Å²) in [6.07, 6.45) is 0.771. The number of benzene rings is 2. The highest BCUT2D eigenvalue weighted by Gasteiger charge is 2.27. The van der Waals surface area contributed by atoms with Crippen LogP contribution in [0.1, 0.15) is 31.4 Å². The number of carbonyl (C=O) groups excluding carboxylic acids is 1. The Balaban J connectivity index is 2.32. The highest BCUT2D eigenvalue weighted by atomic mass is 35.5. The molecule has 1 N–H and O–H groups in total. The van der Waals surface area contributed by atoms with Gasteiger partial charge in [0, 0.05) is 17.6 Å². The maximum Gasteiger partial charge on any atom is 0.243 e. The van der Waals surface area contributed by atoms with E-state index in [0.717, 1.165) is 17.5 Å². The second-order valence-corrected chi connectivity index (χ2v) is 8.97. The average Bonchev–Trinajstić information content (AvgIpc) is 2.61. The molecule has 146 valence electrons. The van der Waals surface area contributed by atoms with Crippen molar-refractivity contribution in [3.63, 3.8) is 0 Å². The fourth-order valence-corrected chi connectivity index (χ4v) is 4.09. The van der Waals surface area contributed by atoms with Crippen LogP contribution in [0.15, 0.2) is 53.4 Å². The van der Waals surface area contributed by atoms with Crippen LogP contribution in [0.3, 0.4) is 0 Å². The van der Waals surface area contributed by atoms with Crippen LogP contribution in [-0.2, 0) is 21.4 Å². The lowest BCUT2D eigenvalue weighted by molar-refractivity contribution is -0.122. The largest absolute Gasteiger partial charge is 0.353 e. The average molecular weight is 409 g/mol. The van der Waals surface area contributed by atoms with Gasteiger partial charge >= 0.3 is 0 Å². The minimum atomic E-state index is -3.85. The number of sulfonamides is 1. The normalized spacial score (nSPS) is 12.8. The molecule has 2 rings (SSSR count). The molecular weight excluding hydrogens is 384 g/mol. The zero-order valence-electron chi connectivity index (χ0n) is 15.8. The topological polar surface area (TPSA) is 66.5 Å². The van der Waals surface area contributed by atoms with Crippen molar-refractivity contribution >= 4 is 27.5 Å². The van der Waals surface area contributed by atoms with E-state index in [1.807, 2.05) is 45.0 Å². The monoisotopic (exact) mass is 408 g/mol. The van der Waals surface area contributed by atoms with Crippen LogP contribution in [0.2, 0.25) is 5.02 Å². The van der Waals surface area contributed by atoms with E-state index < -0.39 is 10.0 Å². The molecule has 0 saturated carbocycles. The Morgan fingerprint density at radius 3 is 2.44 bits per heavy atom. The molecule has 0 aliphatic carbocycles. The summed E-state index contributed by atoms with van der Waals surface area (Å²) in [5.41, 5.74) is 1.85. The molecule has 0 radical (unpaired) electrons. The molecule has 0 aliphatic heterocycles. The van der Waals surface area contributed by atoms with E-state index in [1.54, 1.807) is 0 Å². The fraction of sp³-hybridized carbons (Fsp3) is 0.350. The van der Waals surface area contributed by atoms with Gasteiger partial charge in [0.1, 0.15) is 0 Å². The van der Waals surface area contributed by atoms with Gasteiger partial charge in [-0.25, -0.2) is 8.42 Å². The lowest BCUT2D eigenvalue weighted by Gasteiger charge is -2.23. The number of hydrogen-bond acceptors (Lipinski definition) is 3. The lowest BCUT2D eigenvalue weighted by atomic mass is 10.1. The Kier molecular flexibility index (Phi) is 7.41. The van der Waals surface area contributed by atoms with E-state index in [0.29, 0.717) is 5.02 Å². The molecule has 7 heteroatoms. The molecule has 27 heavy (non-hydrogen) atoms. The van der Waals surface area contributed by atoms with E-state index in [4.69, 9.17) is 11.6 Å². The fourth-order valence-electron chi connectivity index (χ4n) is 2.58. The minimum Gasteiger partial charge on any atom is -0.353 e. The molecule has 1 atom stereocenters. The van der Waals surface area contributed by atoms with E-state index in [-0.39, 0.29) is 29.9 Å². The molecule has 0 fully saturated rings. The van der Waals surface area contributed by atoms with Gasteiger partial charge in [0.15, 0.2) is 0 Å². The molecular formula is C20H25ClN2O3S. The van der Waals surface area contributed by atoms with Crippen LogP contribution in [0.25, 0.3) is 0 Å². The highest BCUT2D eigenvalue weighted by molar-refractivity contribution is 7.89. The Morgan fingerprint density at radius 1 is 1.19 bits per heavy atom. The van der Waals surface area contributed by atoms with Crippen molar-refractivity contribution < 1.29 is 13.2 Å². The van der Waals surface area contributed by atoms with Crippen molar-refractivity contribution in [2.24, 2.45) is 0 Å². The molecule has 0 bridgehead atoms. The molecule has 0 spiro atoms. The predicted molar refractivity (Wildman–Crippen MR) is 108 cm³/mol. The zero-order valence-corrected chi connectivity index (χ0v) is 17.3. The second kappa shape index (κ2) is 9.35. The van der Waals surface area contributed by atoms with Gasteiger partial charge in [0.2, 0.25) is 15.9 Å². The molecule has 0 saturated heterocycles. The van der Waals surface area contributed by atoms with Crippen LogP contribution >= 0.6 is 11.6 Å².